The van der Waals surface area contributed by atoms with Gasteiger partial charge in [-0.3, -0.25) is 9.59 Å². The molecule has 0 saturated heterocycles. The van der Waals surface area contributed by atoms with E-state index in [2.05, 4.69) is 26.3 Å². The molecule has 5 N–H and O–H groups in total. The number of amides is 2. The molecule has 0 radical (unpaired) electrons. The summed E-state index contributed by atoms with van der Waals surface area (Å²) in [6, 6.07) is 2.34. The molecule has 0 fully saturated rings. The summed E-state index contributed by atoms with van der Waals surface area (Å²) in [7, 11) is 0. The van der Waals surface area contributed by atoms with E-state index in [1.54, 1.807) is 6.92 Å². The highest BCUT2D eigenvalue weighted by Gasteiger charge is 2.18. The third-order valence-corrected chi connectivity index (χ3v) is 2.22. The topological polar surface area (TPSA) is 122 Å². The molecule has 0 aliphatic rings. The second-order valence-corrected chi connectivity index (χ2v) is 4.31. The maximum Gasteiger partial charge on any atom is 0.272 e. The summed E-state index contributed by atoms with van der Waals surface area (Å²) in [5, 5.41) is 12.6. The van der Waals surface area contributed by atoms with Gasteiger partial charge in [0.1, 0.15) is 6.04 Å². The molecule has 0 aromatic carbocycles. The molecule has 1 heterocycles. The third-order valence-electron chi connectivity index (χ3n) is 2.22. The summed E-state index contributed by atoms with van der Waals surface area (Å²) in [6.07, 6.45) is 0. The van der Waals surface area contributed by atoms with E-state index >= 15 is 0 Å². The van der Waals surface area contributed by atoms with Gasteiger partial charge in [0, 0.05) is 6.04 Å². The van der Waals surface area contributed by atoms with Gasteiger partial charge in [0.2, 0.25) is 5.91 Å². The van der Waals surface area contributed by atoms with Gasteiger partial charge in [0.05, 0.1) is 0 Å². The Kier molecular flexibility index (Phi) is 5.19. The number of hydrogen-bond acceptors (Lipinski definition) is 6. The summed E-state index contributed by atoms with van der Waals surface area (Å²) in [5.74, 6) is 4.76. The molecule has 1 unspecified atom stereocenters. The number of nitrogens with zero attached hydrogens (tertiary/aromatic N) is 2. The van der Waals surface area contributed by atoms with Gasteiger partial charge < -0.3 is 16.1 Å². The molecule has 2 amide bonds. The van der Waals surface area contributed by atoms with E-state index < -0.39 is 11.9 Å². The fourth-order valence-corrected chi connectivity index (χ4v) is 1.28. The van der Waals surface area contributed by atoms with E-state index in [0.717, 1.165) is 0 Å². The Morgan fingerprint density at radius 3 is 2.32 bits per heavy atom. The number of anilines is 1. The molecule has 1 atom stereocenters. The average molecular weight is 266 g/mol. The van der Waals surface area contributed by atoms with Gasteiger partial charge in [-0.2, -0.15) is 0 Å². The van der Waals surface area contributed by atoms with Crippen LogP contribution in [0.2, 0.25) is 0 Å². The molecule has 104 valence electrons. The molecule has 1 aromatic heterocycles. The van der Waals surface area contributed by atoms with E-state index in [1.165, 1.54) is 12.1 Å². The van der Waals surface area contributed by atoms with E-state index in [4.69, 9.17) is 5.84 Å². The van der Waals surface area contributed by atoms with Gasteiger partial charge in [-0.05, 0) is 32.9 Å². The Morgan fingerprint density at radius 1 is 1.16 bits per heavy atom. The zero-order chi connectivity index (χ0) is 14.4. The minimum atomic E-state index is -0.649. The Balaban J connectivity index is 2.60. The predicted octanol–water partition coefficient (Wildman–Crippen LogP) is -0.595. The van der Waals surface area contributed by atoms with E-state index in [9.17, 15) is 9.59 Å². The fourth-order valence-electron chi connectivity index (χ4n) is 1.28. The van der Waals surface area contributed by atoms with Crippen molar-refractivity contribution < 1.29 is 9.59 Å². The summed E-state index contributed by atoms with van der Waals surface area (Å²) < 4.78 is 0. The van der Waals surface area contributed by atoms with Crippen molar-refractivity contribution in [3.8, 4) is 0 Å². The van der Waals surface area contributed by atoms with Crippen LogP contribution in [0.5, 0.6) is 0 Å². The number of aromatic nitrogens is 2. The maximum atomic E-state index is 11.8. The number of nitrogens with two attached hydrogens (primary N) is 1. The number of rotatable bonds is 5. The average Bonchev–Trinajstić information content (AvgIpc) is 2.37. The van der Waals surface area contributed by atoms with Crippen LogP contribution in [0.4, 0.5) is 5.82 Å². The molecular formula is C11H18N6O2. The molecule has 0 bridgehead atoms. The van der Waals surface area contributed by atoms with E-state index in [-0.39, 0.29) is 17.6 Å². The number of nitrogens with one attached hydrogen (secondary N) is 3. The van der Waals surface area contributed by atoms with Gasteiger partial charge in [0.25, 0.3) is 5.91 Å². The van der Waals surface area contributed by atoms with Crippen LogP contribution >= 0.6 is 0 Å². The standard InChI is InChI=1S/C11H18N6O2/c1-6(2)13-10(18)7(3)14-11(19)8-4-5-9(15-12)17-16-8/h4-7H,12H2,1-3H3,(H,13,18)(H,14,19)(H,15,17). The van der Waals surface area contributed by atoms with Crippen LogP contribution in [-0.2, 0) is 4.79 Å². The van der Waals surface area contributed by atoms with Gasteiger partial charge in [0.15, 0.2) is 11.5 Å². The van der Waals surface area contributed by atoms with Gasteiger partial charge in [-0.1, -0.05) is 0 Å². The quantitative estimate of drug-likeness (QED) is 0.417. The molecule has 8 nitrogen and oxygen atoms in total. The number of carbonyl (C=O) groups excluding carboxylic acids is 2. The molecule has 0 spiro atoms. The van der Waals surface area contributed by atoms with Gasteiger partial charge in [-0.15, -0.1) is 10.2 Å². The lowest BCUT2D eigenvalue weighted by Crippen LogP contribution is -2.46. The Hall–Kier alpha value is -2.22. The molecule has 19 heavy (non-hydrogen) atoms. The van der Waals surface area contributed by atoms with Crippen molar-refractivity contribution in [2.45, 2.75) is 32.9 Å². The first-order valence-electron chi connectivity index (χ1n) is 5.85. The van der Waals surface area contributed by atoms with Crippen LogP contribution < -0.4 is 21.9 Å². The lowest BCUT2D eigenvalue weighted by molar-refractivity contribution is -0.123. The molecule has 0 saturated carbocycles. The first-order valence-corrected chi connectivity index (χ1v) is 5.85. The molecule has 0 aliphatic carbocycles. The van der Waals surface area contributed by atoms with Crippen LogP contribution in [0.1, 0.15) is 31.3 Å². The summed E-state index contributed by atoms with van der Waals surface area (Å²) in [5.41, 5.74) is 2.42. The summed E-state index contributed by atoms with van der Waals surface area (Å²) in [6.45, 7) is 5.28. The second-order valence-electron chi connectivity index (χ2n) is 4.31. The van der Waals surface area contributed by atoms with Gasteiger partial charge in [-0.25, -0.2) is 5.84 Å². The third kappa shape index (κ3) is 4.51. The van der Waals surface area contributed by atoms with Crippen molar-refractivity contribution in [2.75, 3.05) is 5.43 Å². The Bertz CT molecular complexity index is 445. The van der Waals surface area contributed by atoms with Crippen molar-refractivity contribution in [1.29, 1.82) is 0 Å². The number of hydrogen-bond donors (Lipinski definition) is 4. The van der Waals surface area contributed by atoms with Crippen LogP contribution in [0.15, 0.2) is 12.1 Å². The van der Waals surface area contributed by atoms with Crippen molar-refractivity contribution >= 4 is 17.6 Å². The first-order chi connectivity index (χ1) is 8.93. The smallest absolute Gasteiger partial charge is 0.272 e. The van der Waals surface area contributed by atoms with Crippen LogP contribution in [0, 0.1) is 0 Å². The molecule has 0 aliphatic heterocycles. The zero-order valence-electron chi connectivity index (χ0n) is 11.1. The maximum absolute atomic E-state index is 11.8. The fraction of sp³-hybridized carbons (Fsp3) is 0.455. The Labute approximate surface area is 111 Å². The lowest BCUT2D eigenvalue weighted by Gasteiger charge is -2.15. The molecule has 1 aromatic rings. The van der Waals surface area contributed by atoms with E-state index in [1.807, 2.05) is 13.8 Å². The van der Waals surface area contributed by atoms with Crippen molar-refractivity contribution in [1.82, 2.24) is 20.8 Å². The predicted molar refractivity (Wildman–Crippen MR) is 70.0 cm³/mol. The summed E-state index contributed by atoms with van der Waals surface area (Å²) in [4.78, 5) is 23.4. The SMILES string of the molecule is CC(C)NC(=O)C(C)NC(=O)c1ccc(NN)nn1. The minimum absolute atomic E-state index is 0.0153. The normalized spacial score (nSPS) is 11.8. The molecule has 8 heteroatoms. The van der Waals surface area contributed by atoms with Crippen molar-refractivity contribution in [2.24, 2.45) is 5.84 Å². The highest BCUT2D eigenvalue weighted by Crippen LogP contribution is 2.00. The number of carbonyl (C=O) groups is 2. The van der Waals surface area contributed by atoms with Gasteiger partial charge >= 0.3 is 0 Å². The van der Waals surface area contributed by atoms with E-state index in [0.29, 0.717) is 5.82 Å². The van der Waals surface area contributed by atoms with Crippen molar-refractivity contribution in [3.05, 3.63) is 17.8 Å². The minimum Gasteiger partial charge on any atom is -0.352 e. The lowest BCUT2D eigenvalue weighted by atomic mass is 10.2. The Morgan fingerprint density at radius 2 is 1.84 bits per heavy atom. The number of nitrogen functional groups attached to an aromatic ring is 1. The van der Waals surface area contributed by atoms with Crippen LogP contribution in [0.25, 0.3) is 0 Å². The molecule has 1 rings (SSSR count). The highest BCUT2D eigenvalue weighted by atomic mass is 16.2. The number of hydrazine groups is 1. The van der Waals surface area contributed by atoms with Crippen molar-refractivity contribution in [3.63, 3.8) is 0 Å². The van der Waals surface area contributed by atoms with Crippen LogP contribution in [0.3, 0.4) is 0 Å². The zero-order valence-corrected chi connectivity index (χ0v) is 11.1. The first kappa shape index (κ1) is 14.8. The summed E-state index contributed by atoms with van der Waals surface area (Å²) >= 11 is 0. The monoisotopic (exact) mass is 266 g/mol. The highest BCUT2D eigenvalue weighted by molar-refractivity contribution is 5.95. The largest absolute Gasteiger partial charge is 0.352 e. The second kappa shape index (κ2) is 6.64. The van der Waals surface area contributed by atoms with Crippen LogP contribution in [-0.4, -0.2) is 34.1 Å². The molecular weight excluding hydrogens is 248 g/mol.